The molecule has 0 aliphatic rings. The maximum atomic E-state index is 12.0. The molecule has 1 N–H and O–H groups in total. The molecule has 2 aromatic rings. The molecule has 0 saturated heterocycles. The van der Waals surface area contributed by atoms with Gasteiger partial charge in [0.15, 0.2) is 0 Å². The molecule has 0 bridgehead atoms. The second-order valence-corrected chi connectivity index (χ2v) is 6.86. The van der Waals surface area contributed by atoms with Crippen LogP contribution in [-0.4, -0.2) is 16.6 Å². The SMILES string of the molecule is Cc1ccc([N+](=O)[O-])cc1NC(=O)CSCc1ccc(Cl)cc1Cl. The lowest BCUT2D eigenvalue weighted by Crippen LogP contribution is -2.15. The van der Waals surface area contributed by atoms with Crippen LogP contribution in [0.4, 0.5) is 11.4 Å². The minimum absolute atomic E-state index is 0.0588. The minimum Gasteiger partial charge on any atom is -0.325 e. The number of carbonyl (C=O) groups is 1. The molecule has 0 aromatic heterocycles. The molecule has 8 heteroatoms. The third-order valence-corrected chi connectivity index (χ3v) is 4.78. The van der Waals surface area contributed by atoms with Crippen molar-refractivity contribution in [2.45, 2.75) is 12.7 Å². The molecule has 24 heavy (non-hydrogen) atoms. The fourth-order valence-electron chi connectivity index (χ4n) is 1.94. The topological polar surface area (TPSA) is 72.2 Å². The van der Waals surface area contributed by atoms with Crippen LogP contribution in [0.5, 0.6) is 0 Å². The van der Waals surface area contributed by atoms with Crippen molar-refractivity contribution in [1.82, 2.24) is 0 Å². The largest absolute Gasteiger partial charge is 0.325 e. The highest BCUT2D eigenvalue weighted by Crippen LogP contribution is 2.25. The molecule has 0 spiro atoms. The van der Waals surface area contributed by atoms with Crippen molar-refractivity contribution in [3.05, 3.63) is 67.7 Å². The van der Waals surface area contributed by atoms with E-state index in [2.05, 4.69) is 5.32 Å². The van der Waals surface area contributed by atoms with Gasteiger partial charge in [-0.05, 0) is 30.2 Å². The Morgan fingerprint density at radius 1 is 1.25 bits per heavy atom. The number of nitro groups is 1. The van der Waals surface area contributed by atoms with E-state index in [9.17, 15) is 14.9 Å². The van der Waals surface area contributed by atoms with Crippen LogP contribution in [0, 0.1) is 17.0 Å². The molecule has 0 aliphatic carbocycles. The van der Waals surface area contributed by atoms with Crippen molar-refractivity contribution in [3.8, 4) is 0 Å². The smallest absolute Gasteiger partial charge is 0.271 e. The zero-order valence-electron chi connectivity index (χ0n) is 12.7. The summed E-state index contributed by atoms with van der Waals surface area (Å²) >= 11 is 13.3. The standard InChI is InChI=1S/C16H14Cl2N2O3S/c1-10-2-5-13(20(22)23)7-15(10)19-16(21)9-24-8-11-3-4-12(17)6-14(11)18/h2-7H,8-9H2,1H3,(H,19,21). The number of rotatable bonds is 6. The van der Waals surface area contributed by atoms with Crippen LogP contribution >= 0.6 is 35.0 Å². The maximum Gasteiger partial charge on any atom is 0.271 e. The first-order chi connectivity index (χ1) is 11.4. The van der Waals surface area contributed by atoms with Gasteiger partial charge in [-0.2, -0.15) is 0 Å². The molecule has 126 valence electrons. The lowest BCUT2D eigenvalue weighted by atomic mass is 10.2. The Kier molecular flexibility index (Phi) is 6.48. The van der Waals surface area contributed by atoms with Gasteiger partial charge in [0.05, 0.1) is 16.4 Å². The molecule has 0 heterocycles. The van der Waals surface area contributed by atoms with Gasteiger partial charge in [-0.3, -0.25) is 14.9 Å². The van der Waals surface area contributed by atoms with Gasteiger partial charge in [0.1, 0.15) is 0 Å². The minimum atomic E-state index is -0.494. The van der Waals surface area contributed by atoms with Crippen LogP contribution in [0.3, 0.4) is 0 Å². The number of nitrogens with one attached hydrogen (secondary N) is 1. The number of carbonyl (C=O) groups excluding carboxylic acids is 1. The van der Waals surface area contributed by atoms with Crippen LogP contribution in [0.25, 0.3) is 0 Å². The molecule has 0 saturated carbocycles. The molecule has 1 amide bonds. The molecule has 2 aromatic carbocycles. The Morgan fingerprint density at radius 2 is 2.00 bits per heavy atom. The van der Waals surface area contributed by atoms with E-state index in [1.54, 1.807) is 25.1 Å². The van der Waals surface area contributed by atoms with E-state index in [1.807, 2.05) is 6.07 Å². The summed E-state index contributed by atoms with van der Waals surface area (Å²) in [6.45, 7) is 1.78. The molecule has 0 atom stereocenters. The number of hydrogen-bond acceptors (Lipinski definition) is 4. The summed E-state index contributed by atoms with van der Waals surface area (Å²) in [5, 5.41) is 14.6. The lowest BCUT2D eigenvalue weighted by Gasteiger charge is -2.09. The molecule has 2 rings (SSSR count). The van der Waals surface area contributed by atoms with Crippen LogP contribution in [0.15, 0.2) is 36.4 Å². The molecule has 0 aliphatic heterocycles. The number of benzene rings is 2. The number of nitro benzene ring substituents is 1. The number of aryl methyl sites for hydroxylation is 1. The van der Waals surface area contributed by atoms with Gasteiger partial charge < -0.3 is 5.32 Å². The van der Waals surface area contributed by atoms with E-state index < -0.39 is 4.92 Å². The van der Waals surface area contributed by atoms with Crippen molar-refractivity contribution in [1.29, 1.82) is 0 Å². The Morgan fingerprint density at radius 3 is 2.67 bits per heavy atom. The molecule has 5 nitrogen and oxygen atoms in total. The summed E-state index contributed by atoms with van der Waals surface area (Å²) in [6.07, 6.45) is 0. The molecular weight excluding hydrogens is 371 g/mol. The number of amides is 1. The van der Waals surface area contributed by atoms with Crippen LogP contribution < -0.4 is 5.32 Å². The van der Waals surface area contributed by atoms with Gasteiger partial charge in [0.2, 0.25) is 5.91 Å². The fraction of sp³-hybridized carbons (Fsp3) is 0.188. The zero-order valence-corrected chi connectivity index (χ0v) is 15.0. The maximum absolute atomic E-state index is 12.0. The summed E-state index contributed by atoms with van der Waals surface area (Å²) in [7, 11) is 0. The Balaban J connectivity index is 1.92. The number of non-ortho nitro benzene ring substituents is 1. The molecule has 0 unspecified atom stereocenters. The van der Waals surface area contributed by atoms with Crippen molar-refractivity contribution >= 4 is 52.2 Å². The summed E-state index contributed by atoms with van der Waals surface area (Å²) in [5.41, 5.74) is 2.04. The van der Waals surface area contributed by atoms with E-state index in [1.165, 1.54) is 23.9 Å². The van der Waals surface area contributed by atoms with E-state index in [4.69, 9.17) is 23.2 Å². The van der Waals surface area contributed by atoms with Crippen LogP contribution in [-0.2, 0) is 10.5 Å². The number of halogens is 2. The summed E-state index contributed by atoms with van der Waals surface area (Å²) < 4.78 is 0. The monoisotopic (exact) mass is 384 g/mol. The van der Waals surface area contributed by atoms with Gasteiger partial charge in [0, 0.05) is 27.9 Å². The second kappa shape index (κ2) is 8.37. The van der Waals surface area contributed by atoms with Crippen LogP contribution in [0.1, 0.15) is 11.1 Å². The first-order valence-electron chi connectivity index (χ1n) is 6.93. The normalized spacial score (nSPS) is 10.5. The Bertz CT molecular complexity index is 784. The van der Waals surface area contributed by atoms with Crippen LogP contribution in [0.2, 0.25) is 10.0 Å². The van der Waals surface area contributed by atoms with Crippen molar-refractivity contribution in [3.63, 3.8) is 0 Å². The van der Waals surface area contributed by atoms with Gasteiger partial charge >= 0.3 is 0 Å². The average Bonchev–Trinajstić information content (AvgIpc) is 2.51. The Labute approximate surface area is 153 Å². The molecule has 0 radical (unpaired) electrons. The lowest BCUT2D eigenvalue weighted by molar-refractivity contribution is -0.384. The first kappa shape index (κ1) is 18.6. The quantitative estimate of drug-likeness (QED) is 0.556. The highest BCUT2D eigenvalue weighted by molar-refractivity contribution is 7.99. The van der Waals surface area contributed by atoms with Gasteiger partial charge in [0.25, 0.3) is 5.69 Å². The van der Waals surface area contributed by atoms with E-state index in [0.717, 1.165) is 11.1 Å². The third-order valence-electron chi connectivity index (χ3n) is 3.21. The first-order valence-corrected chi connectivity index (χ1v) is 8.84. The number of hydrogen-bond donors (Lipinski definition) is 1. The predicted octanol–water partition coefficient (Wildman–Crippen LogP) is 5.08. The zero-order chi connectivity index (χ0) is 17.7. The van der Waals surface area contributed by atoms with E-state index in [-0.39, 0.29) is 17.3 Å². The number of anilines is 1. The summed E-state index contributed by atoms with van der Waals surface area (Å²) in [4.78, 5) is 22.3. The molecular formula is C16H14Cl2N2O3S. The second-order valence-electron chi connectivity index (χ2n) is 5.03. The van der Waals surface area contributed by atoms with Crippen molar-refractivity contribution in [2.24, 2.45) is 0 Å². The van der Waals surface area contributed by atoms with Crippen molar-refractivity contribution in [2.75, 3.05) is 11.1 Å². The summed E-state index contributed by atoms with van der Waals surface area (Å²) in [5.74, 6) is 0.548. The predicted molar refractivity (Wildman–Crippen MR) is 99.1 cm³/mol. The van der Waals surface area contributed by atoms with E-state index >= 15 is 0 Å². The highest BCUT2D eigenvalue weighted by atomic mass is 35.5. The molecule has 0 fully saturated rings. The van der Waals surface area contributed by atoms with Gasteiger partial charge in [-0.25, -0.2) is 0 Å². The Hall–Kier alpha value is -1.76. The third kappa shape index (κ3) is 5.12. The summed E-state index contributed by atoms with van der Waals surface area (Å²) in [6, 6.07) is 9.59. The van der Waals surface area contributed by atoms with Crippen molar-refractivity contribution < 1.29 is 9.72 Å². The van der Waals surface area contributed by atoms with Gasteiger partial charge in [-0.1, -0.05) is 35.3 Å². The fourth-order valence-corrected chi connectivity index (χ4v) is 3.32. The highest BCUT2D eigenvalue weighted by Gasteiger charge is 2.11. The average molecular weight is 385 g/mol. The van der Waals surface area contributed by atoms with E-state index in [0.29, 0.717) is 21.5 Å². The number of thioether (sulfide) groups is 1. The number of nitrogens with zero attached hydrogens (tertiary/aromatic N) is 1. The van der Waals surface area contributed by atoms with Gasteiger partial charge in [-0.15, -0.1) is 11.8 Å².